The highest BCUT2D eigenvalue weighted by molar-refractivity contribution is 7.14. The van der Waals surface area contributed by atoms with E-state index in [1.165, 1.54) is 28.0 Å². The third-order valence-corrected chi connectivity index (χ3v) is 5.41. The number of nitrogens with one attached hydrogen (secondary N) is 1. The van der Waals surface area contributed by atoms with Crippen LogP contribution in [0.15, 0.2) is 41.8 Å². The van der Waals surface area contributed by atoms with Gasteiger partial charge >= 0.3 is 0 Å². The first-order valence-corrected chi connectivity index (χ1v) is 10.3. The Morgan fingerprint density at radius 2 is 1.89 bits per heavy atom. The molecule has 146 valence electrons. The van der Waals surface area contributed by atoms with Crippen molar-refractivity contribution in [1.82, 2.24) is 4.98 Å². The molecule has 5 heteroatoms. The number of aromatic nitrogens is 1. The zero-order chi connectivity index (χ0) is 20.3. The maximum Gasteiger partial charge on any atom is 0.264 e. The second-order valence-electron chi connectivity index (χ2n) is 7.37. The molecule has 3 rings (SSSR count). The van der Waals surface area contributed by atoms with Gasteiger partial charge in [-0.25, -0.2) is 4.98 Å². The molecule has 2 aromatic carbocycles. The summed E-state index contributed by atoms with van der Waals surface area (Å²) in [6, 6.07) is 12.2. The minimum absolute atomic E-state index is 0.0428. The first-order chi connectivity index (χ1) is 13.3. The van der Waals surface area contributed by atoms with Crippen molar-refractivity contribution in [3.05, 3.63) is 64.0 Å². The standard InChI is InChI=1S/C23H26N2O2S/c1-14(2)19-9-8-18(11-17(19)5)27-12-22(26)25-23-24-21(13-28-23)20-10-15(3)6-7-16(20)4/h6-11,13-14H,12H2,1-5H3,(H,24,25,26). The van der Waals surface area contributed by atoms with Crippen LogP contribution in [0.5, 0.6) is 5.75 Å². The summed E-state index contributed by atoms with van der Waals surface area (Å²) in [5.41, 5.74) is 6.78. The monoisotopic (exact) mass is 394 g/mol. The van der Waals surface area contributed by atoms with Crippen LogP contribution in [0.2, 0.25) is 0 Å². The minimum Gasteiger partial charge on any atom is -0.484 e. The molecular formula is C23H26N2O2S. The van der Waals surface area contributed by atoms with Gasteiger partial charge in [0.05, 0.1) is 5.69 Å². The third kappa shape index (κ3) is 4.78. The lowest BCUT2D eigenvalue weighted by atomic mass is 9.98. The Balaban J connectivity index is 1.61. The number of anilines is 1. The zero-order valence-electron chi connectivity index (χ0n) is 17.0. The van der Waals surface area contributed by atoms with Gasteiger partial charge in [-0.05, 0) is 61.6 Å². The smallest absolute Gasteiger partial charge is 0.264 e. The molecule has 0 saturated carbocycles. The van der Waals surface area contributed by atoms with Crippen LogP contribution in [0.1, 0.15) is 42.0 Å². The number of benzene rings is 2. The van der Waals surface area contributed by atoms with Crippen molar-refractivity contribution in [1.29, 1.82) is 0 Å². The number of nitrogens with zero attached hydrogens (tertiary/aromatic N) is 1. The van der Waals surface area contributed by atoms with Crippen molar-refractivity contribution in [2.24, 2.45) is 0 Å². The third-order valence-electron chi connectivity index (χ3n) is 4.65. The molecule has 1 N–H and O–H groups in total. The van der Waals surface area contributed by atoms with Gasteiger partial charge < -0.3 is 4.74 Å². The molecule has 0 bridgehead atoms. The van der Waals surface area contributed by atoms with E-state index in [4.69, 9.17) is 4.74 Å². The Kier molecular flexibility index (Phi) is 6.15. The van der Waals surface area contributed by atoms with Gasteiger partial charge in [-0.1, -0.05) is 37.6 Å². The predicted octanol–water partition coefficient (Wildman–Crippen LogP) is 5.88. The van der Waals surface area contributed by atoms with Crippen LogP contribution in [-0.2, 0) is 4.79 Å². The van der Waals surface area contributed by atoms with Crippen molar-refractivity contribution in [2.45, 2.75) is 40.5 Å². The van der Waals surface area contributed by atoms with Crippen LogP contribution in [0.4, 0.5) is 5.13 Å². The van der Waals surface area contributed by atoms with Crippen LogP contribution >= 0.6 is 11.3 Å². The van der Waals surface area contributed by atoms with E-state index in [1.807, 2.05) is 17.5 Å². The highest BCUT2D eigenvalue weighted by atomic mass is 32.1. The molecule has 4 nitrogen and oxygen atoms in total. The molecular weight excluding hydrogens is 368 g/mol. The summed E-state index contributed by atoms with van der Waals surface area (Å²) in [4.78, 5) is 16.8. The summed E-state index contributed by atoms with van der Waals surface area (Å²) in [6.45, 7) is 10.5. The normalized spacial score (nSPS) is 10.9. The molecule has 3 aromatic rings. The molecule has 0 unspecified atom stereocenters. The average molecular weight is 395 g/mol. The van der Waals surface area contributed by atoms with Crippen molar-refractivity contribution >= 4 is 22.4 Å². The number of rotatable bonds is 6. The van der Waals surface area contributed by atoms with Gasteiger partial charge in [-0.2, -0.15) is 0 Å². The van der Waals surface area contributed by atoms with Crippen LogP contribution in [0, 0.1) is 20.8 Å². The quantitative estimate of drug-likeness (QED) is 0.568. The Labute approximate surface area is 170 Å². The Hall–Kier alpha value is -2.66. The molecule has 0 fully saturated rings. The van der Waals surface area contributed by atoms with Crippen molar-refractivity contribution < 1.29 is 9.53 Å². The number of thiazole rings is 1. The summed E-state index contributed by atoms with van der Waals surface area (Å²) in [6.07, 6.45) is 0. The highest BCUT2D eigenvalue weighted by Gasteiger charge is 2.11. The van der Waals surface area contributed by atoms with E-state index in [1.54, 1.807) is 0 Å². The van der Waals surface area contributed by atoms with Gasteiger partial charge in [-0.3, -0.25) is 10.1 Å². The van der Waals surface area contributed by atoms with E-state index in [2.05, 4.69) is 69.2 Å². The number of amides is 1. The van der Waals surface area contributed by atoms with E-state index in [9.17, 15) is 4.79 Å². The highest BCUT2D eigenvalue weighted by Crippen LogP contribution is 2.28. The number of hydrogen-bond acceptors (Lipinski definition) is 4. The number of carbonyl (C=O) groups is 1. The summed E-state index contributed by atoms with van der Waals surface area (Å²) >= 11 is 1.42. The zero-order valence-corrected chi connectivity index (χ0v) is 17.8. The molecule has 0 aliphatic carbocycles. The fourth-order valence-electron chi connectivity index (χ4n) is 3.16. The van der Waals surface area contributed by atoms with E-state index in [0.29, 0.717) is 16.8 Å². The second kappa shape index (κ2) is 8.57. The largest absolute Gasteiger partial charge is 0.484 e. The van der Waals surface area contributed by atoms with Crippen molar-refractivity contribution in [2.75, 3.05) is 11.9 Å². The first kappa shape index (κ1) is 20.1. The average Bonchev–Trinajstić information content (AvgIpc) is 3.10. The predicted molar refractivity (Wildman–Crippen MR) is 116 cm³/mol. The Morgan fingerprint density at radius 1 is 1.11 bits per heavy atom. The molecule has 0 atom stereocenters. The second-order valence-corrected chi connectivity index (χ2v) is 8.22. The SMILES string of the molecule is Cc1ccc(C)c(-c2csc(NC(=O)COc3ccc(C(C)C)c(C)c3)n2)c1. The fraction of sp³-hybridized carbons (Fsp3) is 0.304. The lowest BCUT2D eigenvalue weighted by Crippen LogP contribution is -2.20. The first-order valence-electron chi connectivity index (χ1n) is 9.40. The number of ether oxygens (including phenoxy) is 1. The summed E-state index contributed by atoms with van der Waals surface area (Å²) in [5, 5.41) is 5.37. The number of carbonyl (C=O) groups excluding carboxylic acids is 1. The maximum atomic E-state index is 12.2. The van der Waals surface area contributed by atoms with Crippen LogP contribution in [0.3, 0.4) is 0 Å². The minimum atomic E-state index is -0.215. The molecule has 0 spiro atoms. The summed E-state index contributed by atoms with van der Waals surface area (Å²) in [5.74, 6) is 0.952. The van der Waals surface area contributed by atoms with E-state index in [-0.39, 0.29) is 12.5 Å². The van der Waals surface area contributed by atoms with E-state index < -0.39 is 0 Å². The van der Waals surface area contributed by atoms with Crippen molar-refractivity contribution in [3.63, 3.8) is 0 Å². The Bertz CT molecular complexity index is 992. The van der Waals surface area contributed by atoms with Gasteiger partial charge in [0.25, 0.3) is 5.91 Å². The van der Waals surface area contributed by atoms with Gasteiger partial charge in [0.1, 0.15) is 5.75 Å². The molecule has 0 aliphatic heterocycles. The molecule has 0 aliphatic rings. The maximum absolute atomic E-state index is 12.2. The fourth-order valence-corrected chi connectivity index (χ4v) is 3.88. The molecule has 28 heavy (non-hydrogen) atoms. The lowest BCUT2D eigenvalue weighted by molar-refractivity contribution is -0.118. The van der Waals surface area contributed by atoms with Gasteiger partial charge in [0, 0.05) is 10.9 Å². The van der Waals surface area contributed by atoms with Crippen molar-refractivity contribution in [3.8, 4) is 17.0 Å². The summed E-state index contributed by atoms with van der Waals surface area (Å²) < 4.78 is 5.65. The summed E-state index contributed by atoms with van der Waals surface area (Å²) in [7, 11) is 0. The van der Waals surface area contributed by atoms with E-state index >= 15 is 0 Å². The van der Waals surface area contributed by atoms with Gasteiger partial charge in [-0.15, -0.1) is 11.3 Å². The lowest BCUT2D eigenvalue weighted by Gasteiger charge is -2.12. The molecule has 0 radical (unpaired) electrons. The Morgan fingerprint density at radius 3 is 2.61 bits per heavy atom. The number of aryl methyl sites for hydroxylation is 3. The molecule has 1 heterocycles. The number of hydrogen-bond donors (Lipinski definition) is 1. The van der Waals surface area contributed by atoms with Crippen LogP contribution in [-0.4, -0.2) is 17.5 Å². The van der Waals surface area contributed by atoms with Crippen LogP contribution in [0.25, 0.3) is 11.3 Å². The van der Waals surface area contributed by atoms with E-state index in [0.717, 1.165) is 16.8 Å². The molecule has 0 saturated heterocycles. The van der Waals surface area contributed by atoms with Crippen LogP contribution < -0.4 is 10.1 Å². The topological polar surface area (TPSA) is 51.2 Å². The van der Waals surface area contributed by atoms with Gasteiger partial charge in [0.2, 0.25) is 0 Å². The van der Waals surface area contributed by atoms with Gasteiger partial charge in [0.15, 0.2) is 11.7 Å². The molecule has 1 amide bonds. The molecule has 1 aromatic heterocycles.